The van der Waals surface area contributed by atoms with Crippen molar-refractivity contribution in [2.24, 2.45) is 11.1 Å². The first-order chi connectivity index (χ1) is 8.19. The summed E-state index contributed by atoms with van der Waals surface area (Å²) in [6.07, 6.45) is 6.16. The van der Waals surface area contributed by atoms with E-state index < -0.39 is 0 Å². The molecule has 2 N–H and O–H groups in total. The monoisotopic (exact) mass is 297 g/mol. The van der Waals surface area contributed by atoms with Crippen molar-refractivity contribution < 1.29 is 4.74 Å². The molecule has 0 radical (unpaired) electrons. The van der Waals surface area contributed by atoms with Crippen molar-refractivity contribution in [3.63, 3.8) is 0 Å². The van der Waals surface area contributed by atoms with Crippen LogP contribution in [0, 0.1) is 5.41 Å². The summed E-state index contributed by atoms with van der Waals surface area (Å²) in [5, 5.41) is 0. The summed E-state index contributed by atoms with van der Waals surface area (Å²) in [5.41, 5.74) is 7.57. The predicted molar refractivity (Wildman–Crippen MR) is 74.4 cm³/mol. The Morgan fingerprint density at radius 2 is 2.06 bits per heavy atom. The van der Waals surface area contributed by atoms with E-state index in [1.165, 1.54) is 31.2 Å². The molecule has 0 unspecified atom stereocenters. The van der Waals surface area contributed by atoms with Crippen molar-refractivity contribution in [2.75, 3.05) is 13.7 Å². The van der Waals surface area contributed by atoms with Crippen molar-refractivity contribution >= 4 is 15.9 Å². The highest BCUT2D eigenvalue weighted by atomic mass is 79.9. The SMILES string of the molecule is COc1ccc(Br)cc1CC1(CN)CCCC1. The lowest BCUT2D eigenvalue weighted by atomic mass is 9.80. The second-order valence-corrected chi connectivity index (χ2v) is 5.96. The van der Waals surface area contributed by atoms with Gasteiger partial charge in [0.2, 0.25) is 0 Å². The summed E-state index contributed by atoms with van der Waals surface area (Å²) in [4.78, 5) is 0. The van der Waals surface area contributed by atoms with Crippen molar-refractivity contribution in [1.29, 1.82) is 0 Å². The normalized spacial score (nSPS) is 18.3. The molecule has 2 rings (SSSR count). The minimum atomic E-state index is 0.300. The maximum atomic E-state index is 5.99. The first-order valence-corrected chi connectivity index (χ1v) is 7.01. The highest BCUT2D eigenvalue weighted by molar-refractivity contribution is 9.10. The van der Waals surface area contributed by atoms with Crippen LogP contribution >= 0.6 is 15.9 Å². The van der Waals surface area contributed by atoms with E-state index in [0.29, 0.717) is 5.41 Å². The topological polar surface area (TPSA) is 35.2 Å². The number of ether oxygens (including phenoxy) is 1. The fourth-order valence-corrected chi connectivity index (χ4v) is 3.28. The molecule has 0 spiro atoms. The van der Waals surface area contributed by atoms with Gasteiger partial charge in [-0.2, -0.15) is 0 Å². The highest BCUT2D eigenvalue weighted by Crippen LogP contribution is 2.41. The van der Waals surface area contributed by atoms with Crippen molar-refractivity contribution in [2.45, 2.75) is 32.1 Å². The summed E-state index contributed by atoms with van der Waals surface area (Å²) < 4.78 is 6.55. The zero-order chi connectivity index (χ0) is 12.3. The lowest BCUT2D eigenvalue weighted by Gasteiger charge is -2.28. The van der Waals surface area contributed by atoms with Gasteiger partial charge >= 0.3 is 0 Å². The van der Waals surface area contributed by atoms with Crippen LogP contribution in [0.1, 0.15) is 31.2 Å². The van der Waals surface area contributed by atoms with Gasteiger partial charge < -0.3 is 10.5 Å². The molecule has 0 heterocycles. The van der Waals surface area contributed by atoms with Crippen LogP contribution in [0.15, 0.2) is 22.7 Å². The molecule has 1 aromatic rings. The van der Waals surface area contributed by atoms with E-state index >= 15 is 0 Å². The Labute approximate surface area is 112 Å². The van der Waals surface area contributed by atoms with E-state index in [4.69, 9.17) is 10.5 Å². The summed E-state index contributed by atoms with van der Waals surface area (Å²) in [6.45, 7) is 0.780. The standard InChI is InChI=1S/C14H20BrNO/c1-17-13-5-4-12(15)8-11(13)9-14(10-16)6-2-3-7-14/h4-5,8H,2-3,6-7,9-10,16H2,1H3. The molecule has 0 bridgehead atoms. The first kappa shape index (κ1) is 12.9. The van der Waals surface area contributed by atoms with Gasteiger partial charge in [-0.1, -0.05) is 28.8 Å². The molecule has 1 saturated carbocycles. The average molecular weight is 298 g/mol. The van der Waals surface area contributed by atoms with Crippen LogP contribution in [-0.2, 0) is 6.42 Å². The lowest BCUT2D eigenvalue weighted by Crippen LogP contribution is -2.29. The molecule has 2 nitrogen and oxygen atoms in total. The van der Waals surface area contributed by atoms with Gasteiger partial charge in [0.1, 0.15) is 5.75 Å². The molecule has 0 aliphatic heterocycles. The number of nitrogens with two attached hydrogens (primary N) is 1. The molecule has 0 amide bonds. The molecule has 17 heavy (non-hydrogen) atoms. The summed E-state index contributed by atoms with van der Waals surface area (Å²) >= 11 is 3.53. The number of methoxy groups -OCH3 is 1. The van der Waals surface area contributed by atoms with Gasteiger partial charge in [-0.25, -0.2) is 0 Å². The van der Waals surface area contributed by atoms with Crippen LogP contribution in [0.5, 0.6) is 5.75 Å². The van der Waals surface area contributed by atoms with Gasteiger partial charge in [0, 0.05) is 4.47 Å². The van der Waals surface area contributed by atoms with E-state index in [1.54, 1.807) is 7.11 Å². The second-order valence-electron chi connectivity index (χ2n) is 5.04. The summed E-state index contributed by atoms with van der Waals surface area (Å²) in [7, 11) is 1.73. The van der Waals surface area contributed by atoms with Crippen LogP contribution in [0.2, 0.25) is 0 Å². The third kappa shape index (κ3) is 2.83. The van der Waals surface area contributed by atoms with Gasteiger partial charge in [-0.05, 0) is 55.0 Å². The van der Waals surface area contributed by atoms with Crippen LogP contribution in [0.25, 0.3) is 0 Å². The average Bonchev–Trinajstić information content (AvgIpc) is 2.79. The van der Waals surface area contributed by atoms with Crippen molar-refractivity contribution in [1.82, 2.24) is 0 Å². The van der Waals surface area contributed by atoms with Crippen LogP contribution in [0.4, 0.5) is 0 Å². The Balaban J connectivity index is 2.24. The quantitative estimate of drug-likeness (QED) is 0.923. The first-order valence-electron chi connectivity index (χ1n) is 6.22. The molecule has 1 aliphatic rings. The van der Waals surface area contributed by atoms with Crippen LogP contribution in [-0.4, -0.2) is 13.7 Å². The Bertz CT molecular complexity index is 386. The Morgan fingerprint density at radius 1 is 1.35 bits per heavy atom. The molecule has 0 atom stereocenters. The summed E-state index contributed by atoms with van der Waals surface area (Å²) in [5.74, 6) is 0.980. The molecular weight excluding hydrogens is 278 g/mol. The molecular formula is C14H20BrNO. The molecule has 1 aliphatic carbocycles. The minimum absolute atomic E-state index is 0.300. The molecule has 0 saturated heterocycles. The van der Waals surface area contributed by atoms with Gasteiger partial charge in [-0.15, -0.1) is 0 Å². The van der Waals surface area contributed by atoms with E-state index in [9.17, 15) is 0 Å². The number of rotatable bonds is 4. The van der Waals surface area contributed by atoms with Crippen molar-refractivity contribution in [3.05, 3.63) is 28.2 Å². The number of hydrogen-bond donors (Lipinski definition) is 1. The fourth-order valence-electron chi connectivity index (χ4n) is 2.87. The molecule has 1 fully saturated rings. The van der Waals surface area contributed by atoms with E-state index in [2.05, 4.69) is 22.0 Å². The molecule has 1 aromatic carbocycles. The third-order valence-corrected chi connectivity index (χ3v) is 4.40. The van der Waals surface area contributed by atoms with E-state index in [-0.39, 0.29) is 0 Å². The largest absolute Gasteiger partial charge is 0.496 e. The van der Waals surface area contributed by atoms with Crippen LogP contribution in [0.3, 0.4) is 0 Å². The summed E-state index contributed by atoms with van der Waals surface area (Å²) in [6, 6.07) is 6.21. The second kappa shape index (κ2) is 5.40. The fraction of sp³-hybridized carbons (Fsp3) is 0.571. The maximum absolute atomic E-state index is 5.99. The minimum Gasteiger partial charge on any atom is -0.496 e. The van der Waals surface area contributed by atoms with Gasteiger partial charge in [0.05, 0.1) is 7.11 Å². The van der Waals surface area contributed by atoms with E-state index in [1.807, 2.05) is 12.1 Å². The lowest BCUT2D eigenvalue weighted by molar-refractivity contribution is 0.300. The third-order valence-electron chi connectivity index (χ3n) is 3.91. The Hall–Kier alpha value is -0.540. The molecule has 0 aromatic heterocycles. The van der Waals surface area contributed by atoms with Gasteiger partial charge in [-0.3, -0.25) is 0 Å². The number of halogens is 1. The number of hydrogen-bond acceptors (Lipinski definition) is 2. The zero-order valence-electron chi connectivity index (χ0n) is 10.3. The van der Waals surface area contributed by atoms with Crippen molar-refractivity contribution in [3.8, 4) is 5.75 Å². The van der Waals surface area contributed by atoms with E-state index in [0.717, 1.165) is 23.2 Å². The molecule has 3 heteroatoms. The zero-order valence-corrected chi connectivity index (χ0v) is 11.9. The molecule has 94 valence electrons. The Kier molecular flexibility index (Phi) is 4.10. The van der Waals surface area contributed by atoms with Crippen LogP contribution < -0.4 is 10.5 Å². The number of benzene rings is 1. The van der Waals surface area contributed by atoms with Gasteiger partial charge in [0.15, 0.2) is 0 Å². The predicted octanol–water partition coefficient (Wildman–Crippen LogP) is 3.52. The maximum Gasteiger partial charge on any atom is 0.122 e. The highest BCUT2D eigenvalue weighted by Gasteiger charge is 2.33. The smallest absolute Gasteiger partial charge is 0.122 e. The van der Waals surface area contributed by atoms with Gasteiger partial charge in [0.25, 0.3) is 0 Å². The Morgan fingerprint density at radius 3 is 2.65 bits per heavy atom.